The molecule has 0 fully saturated rings. The number of anilines is 1. The first-order valence-electron chi connectivity index (χ1n) is 7.17. The number of fused-ring (bicyclic) bond motifs is 1. The van der Waals surface area contributed by atoms with Crippen molar-refractivity contribution in [2.45, 2.75) is 19.8 Å². The van der Waals surface area contributed by atoms with E-state index in [1.807, 2.05) is 25.1 Å². The van der Waals surface area contributed by atoms with Crippen molar-refractivity contribution in [1.82, 2.24) is 9.97 Å². The molecule has 1 amide bonds. The van der Waals surface area contributed by atoms with Gasteiger partial charge in [-0.15, -0.1) is 0 Å². The van der Waals surface area contributed by atoms with Gasteiger partial charge in [-0.2, -0.15) is 0 Å². The van der Waals surface area contributed by atoms with Gasteiger partial charge in [0.2, 0.25) is 5.91 Å². The Morgan fingerprint density at radius 2 is 2.09 bits per heavy atom. The topological polar surface area (TPSA) is 57.8 Å². The molecule has 1 heterocycles. The Hall–Kier alpha value is -2.69. The molecule has 1 aromatic heterocycles. The third-order valence-corrected chi connectivity index (χ3v) is 3.44. The Bertz CT molecular complexity index is 826. The minimum absolute atomic E-state index is 0.185. The summed E-state index contributed by atoms with van der Waals surface area (Å²) in [5.74, 6) is 0.232. The second kappa shape index (κ2) is 5.97. The number of carbonyl (C=O) groups is 1. The number of nitrogens with zero attached hydrogens (tertiary/aromatic N) is 1. The molecule has 0 spiro atoms. The molecule has 0 aliphatic heterocycles. The van der Waals surface area contributed by atoms with Gasteiger partial charge in [-0.3, -0.25) is 4.79 Å². The molecule has 0 saturated carbocycles. The number of H-pyrrole nitrogens is 1. The van der Waals surface area contributed by atoms with Crippen LogP contribution in [0, 0.1) is 5.82 Å². The van der Waals surface area contributed by atoms with E-state index in [1.54, 1.807) is 18.2 Å². The molecule has 0 aliphatic rings. The van der Waals surface area contributed by atoms with Gasteiger partial charge in [-0.1, -0.05) is 25.1 Å². The van der Waals surface area contributed by atoms with Crippen LogP contribution in [-0.2, 0) is 17.6 Å². The van der Waals surface area contributed by atoms with Crippen molar-refractivity contribution < 1.29 is 9.18 Å². The third kappa shape index (κ3) is 2.98. The molecule has 0 saturated heterocycles. The van der Waals surface area contributed by atoms with Gasteiger partial charge in [-0.05, 0) is 29.8 Å². The van der Waals surface area contributed by atoms with Crippen molar-refractivity contribution in [3.63, 3.8) is 0 Å². The largest absolute Gasteiger partial charge is 0.342 e. The van der Waals surface area contributed by atoms with E-state index in [4.69, 9.17) is 0 Å². The van der Waals surface area contributed by atoms with Crippen molar-refractivity contribution in [3.8, 4) is 0 Å². The van der Waals surface area contributed by atoms with Gasteiger partial charge in [0.15, 0.2) is 0 Å². The highest BCUT2D eigenvalue weighted by atomic mass is 19.1. The number of hydrogen-bond acceptors (Lipinski definition) is 2. The summed E-state index contributed by atoms with van der Waals surface area (Å²) in [6.45, 7) is 2.03. The molecule has 22 heavy (non-hydrogen) atoms. The lowest BCUT2D eigenvalue weighted by atomic mass is 10.1. The molecule has 0 radical (unpaired) electrons. The van der Waals surface area contributed by atoms with Gasteiger partial charge < -0.3 is 10.3 Å². The minimum atomic E-state index is -0.438. The Kier molecular flexibility index (Phi) is 3.87. The number of carbonyl (C=O) groups excluding carboxylic acids is 1. The average molecular weight is 297 g/mol. The highest BCUT2D eigenvalue weighted by molar-refractivity contribution is 5.93. The smallest absolute Gasteiger partial charge is 0.228 e. The predicted molar refractivity (Wildman–Crippen MR) is 84.2 cm³/mol. The highest BCUT2D eigenvalue weighted by Crippen LogP contribution is 2.16. The average Bonchev–Trinajstić information content (AvgIpc) is 2.92. The molecular formula is C17H16FN3O. The summed E-state index contributed by atoms with van der Waals surface area (Å²) in [5, 5.41) is 2.58. The first-order chi connectivity index (χ1) is 10.7. The van der Waals surface area contributed by atoms with Gasteiger partial charge >= 0.3 is 0 Å². The van der Waals surface area contributed by atoms with E-state index in [0.29, 0.717) is 0 Å². The van der Waals surface area contributed by atoms with Gasteiger partial charge in [0.05, 0.1) is 23.1 Å². The zero-order chi connectivity index (χ0) is 15.5. The number of aryl methyl sites for hydroxylation is 1. The minimum Gasteiger partial charge on any atom is -0.342 e. The number of hydrogen-bond donors (Lipinski definition) is 2. The number of rotatable bonds is 4. The first-order valence-corrected chi connectivity index (χ1v) is 7.17. The lowest BCUT2D eigenvalue weighted by Gasteiger charge is -2.06. The fourth-order valence-electron chi connectivity index (χ4n) is 2.33. The number of benzene rings is 2. The lowest BCUT2D eigenvalue weighted by molar-refractivity contribution is -0.115. The van der Waals surface area contributed by atoms with Crippen LogP contribution < -0.4 is 5.32 Å². The van der Waals surface area contributed by atoms with Crippen LogP contribution in [0.4, 0.5) is 10.1 Å². The second-order valence-corrected chi connectivity index (χ2v) is 5.09. The van der Waals surface area contributed by atoms with E-state index >= 15 is 0 Å². The van der Waals surface area contributed by atoms with Gasteiger partial charge in [0.1, 0.15) is 11.6 Å². The van der Waals surface area contributed by atoms with Crippen molar-refractivity contribution in [1.29, 1.82) is 0 Å². The van der Waals surface area contributed by atoms with Crippen LogP contribution >= 0.6 is 0 Å². The summed E-state index contributed by atoms with van der Waals surface area (Å²) in [6.07, 6.45) is 1.02. The maximum atomic E-state index is 13.5. The molecule has 3 rings (SSSR count). The zero-order valence-electron chi connectivity index (χ0n) is 12.2. The molecular weight excluding hydrogens is 281 g/mol. The van der Waals surface area contributed by atoms with E-state index in [2.05, 4.69) is 15.3 Å². The Morgan fingerprint density at radius 3 is 2.86 bits per heavy atom. The lowest BCUT2D eigenvalue weighted by Crippen LogP contribution is -2.15. The summed E-state index contributed by atoms with van der Waals surface area (Å²) in [6, 6.07) is 11.8. The zero-order valence-corrected chi connectivity index (χ0v) is 12.2. The molecule has 2 N–H and O–H groups in total. The molecule has 4 nitrogen and oxygen atoms in total. The Labute approximate surface area is 127 Å². The van der Waals surface area contributed by atoms with Gasteiger partial charge in [0, 0.05) is 6.42 Å². The van der Waals surface area contributed by atoms with Crippen LogP contribution in [0.3, 0.4) is 0 Å². The van der Waals surface area contributed by atoms with Crippen LogP contribution in [0.25, 0.3) is 11.0 Å². The van der Waals surface area contributed by atoms with Crippen molar-refractivity contribution >= 4 is 22.6 Å². The molecule has 0 unspecified atom stereocenters. The predicted octanol–water partition coefficient (Wildman–Crippen LogP) is 3.45. The summed E-state index contributed by atoms with van der Waals surface area (Å²) in [7, 11) is 0. The summed E-state index contributed by atoms with van der Waals surface area (Å²) >= 11 is 0. The van der Waals surface area contributed by atoms with Crippen LogP contribution in [0.1, 0.15) is 18.3 Å². The standard InChI is InChI=1S/C17H16FN3O/c1-2-16-19-14-8-7-11(9-15(14)20-16)10-17(22)21-13-6-4-3-5-12(13)18/h3-9H,2,10H2,1H3,(H,19,20)(H,21,22). The van der Waals surface area contributed by atoms with Crippen LogP contribution in [0.15, 0.2) is 42.5 Å². The molecule has 0 atom stereocenters. The fourth-order valence-corrected chi connectivity index (χ4v) is 2.33. The molecule has 5 heteroatoms. The van der Waals surface area contributed by atoms with E-state index in [-0.39, 0.29) is 18.0 Å². The number of aromatic amines is 1. The third-order valence-electron chi connectivity index (χ3n) is 3.44. The van der Waals surface area contributed by atoms with Crippen LogP contribution in [0.5, 0.6) is 0 Å². The number of halogens is 1. The van der Waals surface area contributed by atoms with Gasteiger partial charge in [-0.25, -0.2) is 9.37 Å². The first kappa shape index (κ1) is 14.3. The summed E-state index contributed by atoms with van der Waals surface area (Å²) < 4.78 is 13.5. The summed E-state index contributed by atoms with van der Waals surface area (Å²) in [5.41, 5.74) is 2.85. The maximum Gasteiger partial charge on any atom is 0.228 e. The number of para-hydroxylation sites is 1. The number of imidazole rings is 1. The summed E-state index contributed by atoms with van der Waals surface area (Å²) in [4.78, 5) is 19.7. The van der Waals surface area contributed by atoms with Crippen LogP contribution in [-0.4, -0.2) is 15.9 Å². The van der Waals surface area contributed by atoms with E-state index in [0.717, 1.165) is 28.8 Å². The van der Waals surface area contributed by atoms with E-state index < -0.39 is 5.82 Å². The molecule has 0 bridgehead atoms. The van der Waals surface area contributed by atoms with Crippen molar-refractivity contribution in [2.24, 2.45) is 0 Å². The number of nitrogens with one attached hydrogen (secondary N) is 2. The normalized spacial score (nSPS) is 10.8. The molecule has 0 aliphatic carbocycles. The number of amides is 1. The SMILES string of the molecule is CCc1nc2ccc(CC(=O)Nc3ccccc3F)cc2[nH]1. The fraction of sp³-hybridized carbons (Fsp3) is 0.176. The highest BCUT2D eigenvalue weighted by Gasteiger charge is 2.09. The Morgan fingerprint density at radius 1 is 1.27 bits per heavy atom. The van der Waals surface area contributed by atoms with Crippen molar-refractivity contribution in [2.75, 3.05) is 5.32 Å². The maximum absolute atomic E-state index is 13.5. The molecule has 2 aromatic carbocycles. The Balaban J connectivity index is 1.75. The molecule has 3 aromatic rings. The van der Waals surface area contributed by atoms with Crippen LogP contribution in [0.2, 0.25) is 0 Å². The quantitative estimate of drug-likeness (QED) is 0.775. The van der Waals surface area contributed by atoms with Crippen molar-refractivity contribution in [3.05, 3.63) is 59.7 Å². The monoisotopic (exact) mass is 297 g/mol. The molecule has 112 valence electrons. The van der Waals surface area contributed by atoms with E-state index in [9.17, 15) is 9.18 Å². The van der Waals surface area contributed by atoms with Gasteiger partial charge in [0.25, 0.3) is 0 Å². The van der Waals surface area contributed by atoms with E-state index in [1.165, 1.54) is 6.07 Å². The second-order valence-electron chi connectivity index (χ2n) is 5.09. The number of aromatic nitrogens is 2.